The van der Waals surface area contributed by atoms with Crippen LogP contribution >= 0.6 is 0 Å². The van der Waals surface area contributed by atoms with Crippen LogP contribution in [0.3, 0.4) is 0 Å². The number of aromatic nitrogens is 1. The Bertz CT molecular complexity index is 456. The van der Waals surface area contributed by atoms with Crippen LogP contribution in [0, 0.1) is 5.82 Å². The molecule has 1 aromatic carbocycles. The molecular weight excluding hydrogens is 203 g/mol. The topological polar surface area (TPSA) is 38.9 Å². The van der Waals surface area contributed by atoms with E-state index in [1.54, 1.807) is 18.5 Å². The van der Waals surface area contributed by atoms with Crippen molar-refractivity contribution >= 4 is 0 Å². The van der Waals surface area contributed by atoms with Crippen LogP contribution in [0.15, 0.2) is 48.8 Å². The standard InChI is InChI=1S/C13H13FN2/c14-12-5-1-3-10(7-12)8-13(15)11-4-2-6-16-9-11/h1-7,9,13H,8,15H2/t13-/m0/s1. The Kier molecular flexibility index (Phi) is 3.27. The van der Waals surface area contributed by atoms with Gasteiger partial charge in [-0.15, -0.1) is 0 Å². The molecule has 0 spiro atoms. The number of halogens is 1. The van der Waals surface area contributed by atoms with E-state index in [1.165, 1.54) is 12.1 Å². The molecule has 0 aliphatic rings. The van der Waals surface area contributed by atoms with Crippen molar-refractivity contribution in [2.45, 2.75) is 12.5 Å². The summed E-state index contributed by atoms with van der Waals surface area (Å²) in [5, 5.41) is 0. The quantitative estimate of drug-likeness (QED) is 0.856. The first-order valence-electron chi connectivity index (χ1n) is 5.15. The first-order chi connectivity index (χ1) is 7.75. The van der Waals surface area contributed by atoms with Crippen LogP contribution in [-0.4, -0.2) is 4.98 Å². The molecular formula is C13H13FN2. The molecule has 1 atom stereocenters. The van der Waals surface area contributed by atoms with Gasteiger partial charge in [-0.2, -0.15) is 0 Å². The van der Waals surface area contributed by atoms with E-state index < -0.39 is 0 Å². The summed E-state index contributed by atoms with van der Waals surface area (Å²) in [7, 11) is 0. The third kappa shape index (κ3) is 2.64. The van der Waals surface area contributed by atoms with Crippen LogP contribution in [0.4, 0.5) is 4.39 Å². The zero-order valence-corrected chi connectivity index (χ0v) is 8.81. The summed E-state index contributed by atoms with van der Waals surface area (Å²) in [6.45, 7) is 0. The smallest absolute Gasteiger partial charge is 0.123 e. The van der Waals surface area contributed by atoms with Crippen molar-refractivity contribution in [2.75, 3.05) is 0 Å². The largest absolute Gasteiger partial charge is 0.324 e. The summed E-state index contributed by atoms with van der Waals surface area (Å²) in [4.78, 5) is 4.01. The minimum Gasteiger partial charge on any atom is -0.324 e. The molecule has 0 saturated carbocycles. The lowest BCUT2D eigenvalue weighted by molar-refractivity contribution is 0.622. The maximum absolute atomic E-state index is 13.0. The highest BCUT2D eigenvalue weighted by atomic mass is 19.1. The van der Waals surface area contributed by atoms with Crippen LogP contribution in [-0.2, 0) is 6.42 Å². The molecule has 1 aromatic heterocycles. The minimum atomic E-state index is -0.226. The van der Waals surface area contributed by atoms with Gasteiger partial charge in [0.15, 0.2) is 0 Å². The summed E-state index contributed by atoms with van der Waals surface area (Å²) < 4.78 is 13.0. The zero-order valence-electron chi connectivity index (χ0n) is 8.81. The summed E-state index contributed by atoms with van der Waals surface area (Å²) in [5.74, 6) is -0.226. The molecule has 0 unspecified atom stereocenters. The fourth-order valence-electron chi connectivity index (χ4n) is 1.63. The molecule has 16 heavy (non-hydrogen) atoms. The fraction of sp³-hybridized carbons (Fsp3) is 0.154. The van der Waals surface area contributed by atoms with Gasteiger partial charge < -0.3 is 5.73 Å². The monoisotopic (exact) mass is 216 g/mol. The Labute approximate surface area is 93.9 Å². The summed E-state index contributed by atoms with van der Waals surface area (Å²) >= 11 is 0. The van der Waals surface area contributed by atoms with Gasteiger partial charge in [-0.3, -0.25) is 4.98 Å². The molecule has 2 rings (SSSR count). The number of benzene rings is 1. The van der Waals surface area contributed by atoms with E-state index >= 15 is 0 Å². The third-order valence-corrected chi connectivity index (χ3v) is 2.46. The van der Waals surface area contributed by atoms with Crippen molar-refractivity contribution in [1.82, 2.24) is 4.98 Å². The number of hydrogen-bond donors (Lipinski definition) is 1. The zero-order chi connectivity index (χ0) is 11.4. The van der Waals surface area contributed by atoms with Gasteiger partial charge in [0.2, 0.25) is 0 Å². The second-order valence-corrected chi connectivity index (χ2v) is 3.73. The maximum atomic E-state index is 13.0. The van der Waals surface area contributed by atoms with Crippen LogP contribution in [0.25, 0.3) is 0 Å². The number of nitrogens with zero attached hydrogens (tertiary/aromatic N) is 1. The molecule has 1 heterocycles. The lowest BCUT2D eigenvalue weighted by atomic mass is 10.0. The molecule has 0 radical (unpaired) electrons. The first-order valence-corrected chi connectivity index (χ1v) is 5.15. The molecule has 2 aromatic rings. The van der Waals surface area contributed by atoms with Crippen molar-refractivity contribution in [3.63, 3.8) is 0 Å². The predicted octanol–water partition coefficient (Wildman–Crippen LogP) is 2.46. The highest BCUT2D eigenvalue weighted by Crippen LogP contribution is 2.15. The average Bonchev–Trinajstić information content (AvgIpc) is 2.30. The average molecular weight is 216 g/mol. The number of rotatable bonds is 3. The lowest BCUT2D eigenvalue weighted by Crippen LogP contribution is -2.13. The van der Waals surface area contributed by atoms with E-state index in [1.807, 2.05) is 18.2 Å². The lowest BCUT2D eigenvalue weighted by Gasteiger charge is -2.11. The summed E-state index contributed by atoms with van der Waals surface area (Å²) in [6, 6.07) is 10.1. The van der Waals surface area contributed by atoms with Gasteiger partial charge in [-0.1, -0.05) is 18.2 Å². The van der Waals surface area contributed by atoms with E-state index in [9.17, 15) is 4.39 Å². The number of hydrogen-bond acceptors (Lipinski definition) is 2. The van der Waals surface area contributed by atoms with Gasteiger partial charge in [-0.25, -0.2) is 4.39 Å². The van der Waals surface area contributed by atoms with Crippen LogP contribution in [0.2, 0.25) is 0 Å². The van der Waals surface area contributed by atoms with Gasteiger partial charge in [0, 0.05) is 18.4 Å². The molecule has 2 N–H and O–H groups in total. The second-order valence-electron chi connectivity index (χ2n) is 3.73. The predicted molar refractivity (Wildman–Crippen MR) is 61.3 cm³/mol. The van der Waals surface area contributed by atoms with Gasteiger partial charge in [0.25, 0.3) is 0 Å². The summed E-state index contributed by atoms with van der Waals surface area (Å²) in [6.07, 6.45) is 4.06. The van der Waals surface area contributed by atoms with Gasteiger partial charge in [0.05, 0.1) is 0 Å². The Balaban J connectivity index is 2.11. The van der Waals surface area contributed by atoms with Gasteiger partial charge >= 0.3 is 0 Å². The second kappa shape index (κ2) is 4.86. The molecule has 0 saturated heterocycles. The van der Waals surface area contributed by atoms with Crippen molar-refractivity contribution in [1.29, 1.82) is 0 Å². The van der Waals surface area contributed by atoms with E-state index in [0.717, 1.165) is 11.1 Å². The van der Waals surface area contributed by atoms with Crippen LogP contribution < -0.4 is 5.73 Å². The minimum absolute atomic E-state index is 0.143. The molecule has 0 fully saturated rings. The molecule has 0 aliphatic heterocycles. The molecule has 82 valence electrons. The molecule has 0 bridgehead atoms. The highest BCUT2D eigenvalue weighted by molar-refractivity contribution is 5.21. The van der Waals surface area contributed by atoms with E-state index in [2.05, 4.69) is 4.98 Å². The normalized spacial score (nSPS) is 12.4. The van der Waals surface area contributed by atoms with Crippen molar-refractivity contribution in [3.8, 4) is 0 Å². The summed E-state index contributed by atoms with van der Waals surface area (Å²) in [5.41, 5.74) is 7.88. The molecule has 3 heteroatoms. The van der Waals surface area contributed by atoms with E-state index in [4.69, 9.17) is 5.73 Å². The highest BCUT2D eigenvalue weighted by Gasteiger charge is 2.07. The van der Waals surface area contributed by atoms with Crippen molar-refractivity contribution in [3.05, 3.63) is 65.7 Å². The van der Waals surface area contributed by atoms with Crippen molar-refractivity contribution < 1.29 is 4.39 Å². The maximum Gasteiger partial charge on any atom is 0.123 e. The fourth-order valence-corrected chi connectivity index (χ4v) is 1.63. The third-order valence-electron chi connectivity index (χ3n) is 2.46. The molecule has 2 nitrogen and oxygen atoms in total. The molecule has 0 amide bonds. The molecule has 0 aliphatic carbocycles. The first kappa shape index (κ1) is 10.8. The Morgan fingerprint density at radius 3 is 2.81 bits per heavy atom. The number of pyridine rings is 1. The van der Waals surface area contributed by atoms with Gasteiger partial charge in [0.1, 0.15) is 5.82 Å². The Hall–Kier alpha value is -1.74. The van der Waals surface area contributed by atoms with Crippen LogP contribution in [0.5, 0.6) is 0 Å². The van der Waals surface area contributed by atoms with E-state index in [0.29, 0.717) is 6.42 Å². The SMILES string of the molecule is N[C@@H](Cc1cccc(F)c1)c1cccnc1. The number of nitrogens with two attached hydrogens (primary N) is 1. The van der Waals surface area contributed by atoms with Gasteiger partial charge in [-0.05, 0) is 35.7 Å². The van der Waals surface area contributed by atoms with Crippen LogP contribution in [0.1, 0.15) is 17.2 Å². The van der Waals surface area contributed by atoms with E-state index in [-0.39, 0.29) is 11.9 Å². The Morgan fingerprint density at radius 1 is 1.25 bits per heavy atom. The Morgan fingerprint density at radius 2 is 2.12 bits per heavy atom. The van der Waals surface area contributed by atoms with Crippen molar-refractivity contribution in [2.24, 2.45) is 5.73 Å².